The van der Waals surface area contributed by atoms with Gasteiger partial charge in [-0.15, -0.1) is 0 Å². The summed E-state index contributed by atoms with van der Waals surface area (Å²) in [5, 5.41) is 8.50. The first-order valence-electron chi connectivity index (χ1n) is 13.3. The number of aliphatic imine (C=N–C) groups is 2. The summed E-state index contributed by atoms with van der Waals surface area (Å²) >= 11 is 0. The van der Waals surface area contributed by atoms with Gasteiger partial charge in [0.05, 0.1) is 28.8 Å². The molecule has 7 heteroatoms. The maximum absolute atomic E-state index is 14.1. The number of fused-ring (bicyclic) bond motifs is 4. The summed E-state index contributed by atoms with van der Waals surface area (Å²) in [6.07, 6.45) is 0. The van der Waals surface area contributed by atoms with Crippen LogP contribution >= 0.6 is 0 Å². The molecule has 0 unspecified atom stereocenters. The highest BCUT2D eigenvalue weighted by Gasteiger charge is 2.41. The number of benzene rings is 4. The Morgan fingerprint density at radius 2 is 1.52 bits per heavy atom. The van der Waals surface area contributed by atoms with Gasteiger partial charge in [0.2, 0.25) is 0 Å². The van der Waals surface area contributed by atoms with Gasteiger partial charge in [-0.05, 0) is 86.0 Å². The molecule has 7 rings (SSSR count). The van der Waals surface area contributed by atoms with E-state index in [9.17, 15) is 4.39 Å². The highest BCUT2D eigenvalue weighted by molar-refractivity contribution is 6.51. The lowest BCUT2D eigenvalue weighted by Gasteiger charge is -2.40. The maximum Gasteiger partial charge on any atom is 0.179 e. The normalized spacial score (nSPS) is 15.5. The Labute approximate surface area is 232 Å². The van der Waals surface area contributed by atoms with Crippen molar-refractivity contribution in [2.24, 2.45) is 9.98 Å². The van der Waals surface area contributed by atoms with E-state index < -0.39 is 0 Å². The van der Waals surface area contributed by atoms with Crippen molar-refractivity contribution in [1.29, 1.82) is 0 Å². The lowest BCUT2D eigenvalue weighted by Crippen LogP contribution is -2.46. The molecule has 6 nitrogen and oxygen atoms in total. The summed E-state index contributed by atoms with van der Waals surface area (Å²) in [6, 6.07) is 30.7. The molecule has 1 N–H and O–H groups in total. The van der Waals surface area contributed by atoms with Crippen molar-refractivity contribution in [2.75, 3.05) is 10.2 Å². The number of halogens is 1. The van der Waals surface area contributed by atoms with E-state index in [1.807, 2.05) is 72.3 Å². The summed E-state index contributed by atoms with van der Waals surface area (Å²) in [4.78, 5) is 12.5. The van der Waals surface area contributed by atoms with Crippen LogP contribution in [0.25, 0.3) is 5.69 Å². The molecule has 0 amide bonds. The Morgan fingerprint density at radius 1 is 0.775 bits per heavy atom. The second kappa shape index (κ2) is 9.31. The SMILES string of the molecule is Cc1ccc(NC2=Nc3ccccc3N3C2=Nc2c(c(C)nn2-c2ccccc2)[C@H]3c2ccc(F)cc2)cc1C. The number of hydrogen-bond acceptors (Lipinski definition) is 5. The molecule has 0 fully saturated rings. The lowest BCUT2D eigenvalue weighted by atomic mass is 9.93. The molecular weight excluding hydrogens is 499 g/mol. The van der Waals surface area contributed by atoms with Crippen LogP contribution in [-0.4, -0.2) is 21.5 Å². The predicted molar refractivity (Wildman–Crippen MR) is 159 cm³/mol. The number of para-hydroxylation sites is 3. The minimum absolute atomic E-state index is 0.275. The minimum atomic E-state index is -0.297. The standard InChI is InChI=1S/C33H27FN6/c1-20-13-18-25(19-21(20)2)35-31-33-37-32-29(22(3)38-40(32)26-9-5-4-6-10-26)30(23-14-16-24(34)17-15-23)39(33)28-12-8-7-11-27(28)36-31/h4-19,30H,1-3H3,(H,35,36)/t30-/m1/s1. The highest BCUT2D eigenvalue weighted by atomic mass is 19.1. The molecule has 0 bridgehead atoms. The number of aryl methyl sites for hydroxylation is 3. The van der Waals surface area contributed by atoms with E-state index in [1.54, 1.807) is 0 Å². The van der Waals surface area contributed by atoms with E-state index in [1.165, 1.54) is 23.3 Å². The molecule has 2 aliphatic heterocycles. The number of aromatic nitrogens is 2. The third-order valence-corrected chi connectivity index (χ3v) is 7.59. The topological polar surface area (TPSA) is 57.8 Å². The fraction of sp³-hybridized carbons (Fsp3) is 0.121. The second-order valence-electron chi connectivity index (χ2n) is 10.2. The number of rotatable bonds is 3. The highest BCUT2D eigenvalue weighted by Crippen LogP contribution is 2.48. The smallest absolute Gasteiger partial charge is 0.179 e. The molecule has 40 heavy (non-hydrogen) atoms. The van der Waals surface area contributed by atoms with Gasteiger partial charge in [0.25, 0.3) is 0 Å². The Morgan fingerprint density at radius 3 is 2.30 bits per heavy atom. The van der Waals surface area contributed by atoms with Crippen LogP contribution < -0.4 is 10.2 Å². The molecule has 0 saturated heterocycles. The van der Waals surface area contributed by atoms with Crippen LogP contribution in [-0.2, 0) is 0 Å². The minimum Gasteiger partial charge on any atom is -0.337 e. The molecule has 3 heterocycles. The zero-order chi connectivity index (χ0) is 27.4. The first kappa shape index (κ1) is 24.0. The monoisotopic (exact) mass is 526 g/mol. The fourth-order valence-corrected chi connectivity index (χ4v) is 5.46. The number of anilines is 2. The molecule has 2 aliphatic rings. The molecule has 0 radical (unpaired) electrons. The van der Waals surface area contributed by atoms with Crippen LogP contribution in [0, 0.1) is 26.6 Å². The van der Waals surface area contributed by atoms with Crippen LogP contribution in [0.3, 0.4) is 0 Å². The third kappa shape index (κ3) is 3.90. The summed E-state index contributed by atoms with van der Waals surface area (Å²) in [5.74, 6) is 1.77. The second-order valence-corrected chi connectivity index (χ2v) is 10.2. The largest absolute Gasteiger partial charge is 0.337 e. The van der Waals surface area contributed by atoms with Crippen LogP contribution in [0.5, 0.6) is 0 Å². The van der Waals surface area contributed by atoms with Gasteiger partial charge in [0, 0.05) is 11.3 Å². The van der Waals surface area contributed by atoms with E-state index in [4.69, 9.17) is 15.1 Å². The molecule has 1 aromatic heterocycles. The molecule has 1 atom stereocenters. The molecule has 0 aliphatic carbocycles. The van der Waals surface area contributed by atoms with Crippen molar-refractivity contribution >= 4 is 34.6 Å². The van der Waals surface area contributed by atoms with Gasteiger partial charge >= 0.3 is 0 Å². The lowest BCUT2D eigenvalue weighted by molar-refractivity contribution is 0.626. The molecule has 5 aromatic rings. The van der Waals surface area contributed by atoms with E-state index in [0.717, 1.165) is 45.4 Å². The van der Waals surface area contributed by atoms with Crippen LogP contribution in [0.4, 0.5) is 27.3 Å². The Bertz CT molecular complexity index is 1820. The zero-order valence-corrected chi connectivity index (χ0v) is 22.4. The summed E-state index contributed by atoms with van der Waals surface area (Å²) < 4.78 is 16.0. The van der Waals surface area contributed by atoms with Gasteiger partial charge in [-0.3, -0.25) is 0 Å². The van der Waals surface area contributed by atoms with Gasteiger partial charge in [-0.25, -0.2) is 19.1 Å². The first-order chi connectivity index (χ1) is 19.5. The summed E-state index contributed by atoms with van der Waals surface area (Å²) in [7, 11) is 0. The number of nitrogens with one attached hydrogen (secondary N) is 1. The van der Waals surface area contributed by atoms with Gasteiger partial charge in [0.15, 0.2) is 17.5 Å². The molecule has 4 aromatic carbocycles. The van der Waals surface area contributed by atoms with Crippen LogP contribution in [0.15, 0.2) is 107 Å². The van der Waals surface area contributed by atoms with E-state index in [0.29, 0.717) is 11.7 Å². The van der Waals surface area contributed by atoms with Crippen molar-refractivity contribution in [3.63, 3.8) is 0 Å². The van der Waals surface area contributed by atoms with Gasteiger partial charge in [0.1, 0.15) is 5.82 Å². The summed E-state index contributed by atoms with van der Waals surface area (Å²) in [6.45, 7) is 6.21. The molecule has 0 saturated carbocycles. The van der Waals surface area contributed by atoms with Crippen LogP contribution in [0.2, 0.25) is 0 Å². The maximum atomic E-state index is 14.1. The Hall–Kier alpha value is -5.04. The van der Waals surface area contributed by atoms with E-state index in [-0.39, 0.29) is 11.9 Å². The van der Waals surface area contributed by atoms with Gasteiger partial charge < -0.3 is 10.2 Å². The van der Waals surface area contributed by atoms with E-state index >= 15 is 0 Å². The number of hydrogen-bond donors (Lipinski definition) is 1. The third-order valence-electron chi connectivity index (χ3n) is 7.59. The number of amidine groups is 2. The average molecular weight is 527 g/mol. The van der Waals surface area contributed by atoms with Crippen molar-refractivity contribution in [2.45, 2.75) is 26.8 Å². The molecule has 196 valence electrons. The molecular formula is C33H27FN6. The van der Waals surface area contributed by atoms with Crippen LogP contribution in [0.1, 0.15) is 34.0 Å². The summed E-state index contributed by atoms with van der Waals surface area (Å²) in [5.41, 5.74) is 8.79. The predicted octanol–water partition coefficient (Wildman–Crippen LogP) is 7.73. The Balaban J connectivity index is 1.49. The van der Waals surface area contributed by atoms with Gasteiger partial charge in [-0.2, -0.15) is 5.10 Å². The molecule has 0 spiro atoms. The van der Waals surface area contributed by atoms with Crippen molar-refractivity contribution in [1.82, 2.24) is 9.78 Å². The van der Waals surface area contributed by atoms with Crippen molar-refractivity contribution in [3.05, 3.63) is 131 Å². The Kier molecular flexibility index (Phi) is 5.59. The average Bonchev–Trinajstić information content (AvgIpc) is 3.31. The quantitative estimate of drug-likeness (QED) is 0.262. The first-order valence-corrected chi connectivity index (χ1v) is 13.3. The number of nitrogens with zero attached hydrogens (tertiary/aromatic N) is 5. The van der Waals surface area contributed by atoms with E-state index in [2.05, 4.69) is 48.3 Å². The van der Waals surface area contributed by atoms with Crippen molar-refractivity contribution in [3.8, 4) is 5.69 Å². The van der Waals surface area contributed by atoms with Gasteiger partial charge in [-0.1, -0.05) is 48.5 Å². The van der Waals surface area contributed by atoms with Crippen molar-refractivity contribution < 1.29 is 4.39 Å². The zero-order valence-electron chi connectivity index (χ0n) is 22.4. The fourth-order valence-electron chi connectivity index (χ4n) is 5.46.